The van der Waals surface area contributed by atoms with E-state index in [9.17, 15) is 72.8 Å². The van der Waals surface area contributed by atoms with Gasteiger partial charge >= 0.3 is 32.2 Å². The van der Waals surface area contributed by atoms with Crippen LogP contribution in [-0.2, 0) is 41.2 Å². The molecule has 0 spiro atoms. The van der Waals surface area contributed by atoms with Crippen LogP contribution in [-0.4, -0.2) is 115 Å². The molecule has 18 nitrogen and oxygen atoms in total. The Hall–Kier alpha value is -6.00. The third-order valence-corrected chi connectivity index (χ3v) is 12.5. The molecule has 2 heterocycles. The van der Waals surface area contributed by atoms with E-state index in [2.05, 4.69) is 29.7 Å². The first kappa shape index (κ1) is 58.9. The van der Waals surface area contributed by atoms with Crippen molar-refractivity contribution in [3.05, 3.63) is 87.3 Å². The lowest BCUT2D eigenvalue weighted by Gasteiger charge is -2.31. The number of phosphoric ester groups is 1. The van der Waals surface area contributed by atoms with Crippen LogP contribution in [0, 0.1) is 24.0 Å². The number of carbonyl (C=O) groups excluding carboxylic acids is 3. The predicted octanol–water partition coefficient (Wildman–Crippen LogP) is 8.56. The normalized spacial score (nSPS) is 15.8. The van der Waals surface area contributed by atoms with Gasteiger partial charge in [-0.1, -0.05) is 37.6 Å². The standard InChI is InChI=1S/C43H44ClF10N8O10PS/c1-21-5-6-25(33(57-21)29(15-22-13-23(45)16-24(46)14-22)58-30(63)17-56-36-27(9-10-41(36,47)48)35(55)43(52,53)54)26-7-8-28(44)32-34(26)61(19-42(49,50)51)59-37(32)62(74-4)38(66)40(2,3)11-12-60(18-31(64)65)39(67)71-20-72-73(68,69)70/h5-8,13-14,16,29H,9-12,15,17-20,55H2,1-4H3,(H,58,63)(H,64,65)(H2,68,69,70)/b35-27-,56-36?. The minimum absolute atomic E-state index is 0.0925. The minimum Gasteiger partial charge on any atom is -0.480 e. The Morgan fingerprint density at radius 3 is 2.26 bits per heavy atom. The van der Waals surface area contributed by atoms with Gasteiger partial charge in [0.1, 0.15) is 42.7 Å². The number of hydrogen-bond acceptors (Lipinski definition) is 12. The molecule has 6 N–H and O–H groups in total. The zero-order valence-electron chi connectivity index (χ0n) is 39.0. The van der Waals surface area contributed by atoms with Crippen molar-refractivity contribution in [1.29, 1.82) is 0 Å². The molecule has 4 aromatic rings. The average Bonchev–Trinajstić information content (AvgIpc) is 3.78. The number of fused-ring (bicyclic) bond motifs is 1. The molecule has 1 fully saturated rings. The molecule has 1 saturated carbocycles. The fourth-order valence-electron chi connectivity index (χ4n) is 7.63. The van der Waals surface area contributed by atoms with Gasteiger partial charge in [0.05, 0.1) is 27.7 Å². The molecule has 31 heteroatoms. The van der Waals surface area contributed by atoms with Crippen LogP contribution in [0.4, 0.5) is 54.5 Å². The molecular weight excluding hydrogens is 1080 g/mol. The number of nitrogens with one attached hydrogen (secondary N) is 1. The zero-order chi connectivity index (χ0) is 55.5. The number of carbonyl (C=O) groups is 4. The molecule has 1 aliphatic rings. The Kier molecular flexibility index (Phi) is 18.2. The molecule has 0 radical (unpaired) electrons. The summed E-state index contributed by atoms with van der Waals surface area (Å²) in [6.45, 7) is -1.80. The lowest BCUT2D eigenvalue weighted by molar-refractivity contribution is -0.142. The van der Waals surface area contributed by atoms with E-state index in [0.29, 0.717) is 27.6 Å². The van der Waals surface area contributed by atoms with Crippen LogP contribution < -0.4 is 15.4 Å². The van der Waals surface area contributed by atoms with Gasteiger partial charge in [0.15, 0.2) is 5.82 Å². The number of pyridine rings is 1. The minimum atomic E-state index is -5.23. The SMILES string of the molecule is CSN(C(=O)C(C)(C)CCN(CC(=O)O)C(=O)OCOP(=O)(O)O)c1nn(CC(F)(F)F)c2c(-c3ccc(C)nc3C(Cc3cc(F)cc(F)c3)NC(=O)CN=C3/C(=C(\N)C(F)(F)F)CCC3(F)F)ccc(Cl)c12. The van der Waals surface area contributed by atoms with Crippen molar-refractivity contribution in [3.8, 4) is 11.1 Å². The summed E-state index contributed by atoms with van der Waals surface area (Å²) in [4.78, 5) is 78.9. The van der Waals surface area contributed by atoms with Crippen molar-refractivity contribution >= 4 is 77.7 Å². The molecule has 5 rings (SSSR count). The number of alkyl halides is 8. The Labute approximate surface area is 422 Å². The summed E-state index contributed by atoms with van der Waals surface area (Å²) in [6.07, 6.45) is -13.2. The second kappa shape index (κ2) is 22.9. The Morgan fingerprint density at radius 2 is 1.68 bits per heavy atom. The summed E-state index contributed by atoms with van der Waals surface area (Å²) in [5.41, 5.74) is -1.55. The number of phosphoric acid groups is 1. The topological polar surface area (TPSA) is 252 Å². The van der Waals surface area contributed by atoms with Crippen LogP contribution in [0.25, 0.3) is 22.0 Å². The smallest absolute Gasteiger partial charge is 0.472 e. The van der Waals surface area contributed by atoms with Gasteiger partial charge in [-0.2, -0.15) is 40.2 Å². The number of aryl methyl sites for hydroxylation is 1. The molecule has 1 aliphatic carbocycles. The molecule has 0 saturated heterocycles. The molecule has 2 aromatic heterocycles. The molecule has 0 bridgehead atoms. The molecule has 404 valence electrons. The Balaban J connectivity index is 1.63. The van der Waals surface area contributed by atoms with E-state index in [-0.39, 0.29) is 44.9 Å². The van der Waals surface area contributed by atoms with Crippen molar-refractivity contribution < 1.29 is 91.8 Å². The van der Waals surface area contributed by atoms with Crippen LogP contribution in [0.3, 0.4) is 0 Å². The number of anilines is 1. The van der Waals surface area contributed by atoms with Crippen LogP contribution in [0.15, 0.2) is 58.7 Å². The highest BCUT2D eigenvalue weighted by Gasteiger charge is 2.48. The molecule has 74 heavy (non-hydrogen) atoms. The first-order chi connectivity index (χ1) is 34.1. The second-order valence-electron chi connectivity index (χ2n) is 17.0. The largest absolute Gasteiger partial charge is 0.480 e. The van der Waals surface area contributed by atoms with Gasteiger partial charge in [0, 0.05) is 53.1 Å². The number of nitrogens with two attached hydrogens (primary N) is 1. The number of aromatic nitrogens is 3. The number of aliphatic carboxylic acids is 1. The number of ether oxygens (including phenoxy) is 1. The average molecular weight is 1120 g/mol. The van der Waals surface area contributed by atoms with Gasteiger partial charge in [-0.3, -0.25) is 33.9 Å². The maximum absolute atomic E-state index is 14.9. The summed E-state index contributed by atoms with van der Waals surface area (Å²) in [5, 5.41) is 15.5. The monoisotopic (exact) mass is 1120 g/mol. The Morgan fingerprint density at radius 1 is 1.04 bits per heavy atom. The van der Waals surface area contributed by atoms with Gasteiger partial charge in [0.25, 0.3) is 5.92 Å². The van der Waals surface area contributed by atoms with E-state index >= 15 is 0 Å². The molecule has 3 amide bonds. The van der Waals surface area contributed by atoms with E-state index < -0.39 is 154 Å². The highest BCUT2D eigenvalue weighted by atomic mass is 35.5. The fourth-order valence-corrected chi connectivity index (χ4v) is 8.77. The van der Waals surface area contributed by atoms with Gasteiger partial charge in [0.2, 0.25) is 18.6 Å². The summed E-state index contributed by atoms with van der Waals surface area (Å²) >= 11 is 7.39. The van der Waals surface area contributed by atoms with Gasteiger partial charge in [-0.05, 0) is 68.0 Å². The number of amides is 3. The second-order valence-corrected chi connectivity index (χ2v) is 19.4. The number of halogens is 11. The van der Waals surface area contributed by atoms with Gasteiger partial charge in [-0.15, -0.1) is 0 Å². The number of rotatable bonds is 19. The molecular formula is C43H44ClF10N8O10PS. The highest BCUT2D eigenvalue weighted by molar-refractivity contribution is 8.00. The third-order valence-electron chi connectivity index (χ3n) is 11.0. The fraction of sp³-hybridized carbons (Fsp3) is 0.419. The summed E-state index contributed by atoms with van der Waals surface area (Å²) in [6, 6.07) is 5.90. The molecule has 0 aliphatic heterocycles. The van der Waals surface area contributed by atoms with Crippen molar-refractivity contribution in [2.24, 2.45) is 16.1 Å². The molecule has 1 atom stereocenters. The Bertz CT molecular complexity index is 2910. The summed E-state index contributed by atoms with van der Waals surface area (Å²) < 4.78 is 164. The highest BCUT2D eigenvalue weighted by Crippen LogP contribution is 2.45. The number of nitrogens with zero attached hydrogens (tertiary/aromatic N) is 6. The van der Waals surface area contributed by atoms with E-state index in [1.807, 2.05) is 0 Å². The predicted molar refractivity (Wildman–Crippen MR) is 247 cm³/mol. The number of hydrogen-bond donors (Lipinski definition) is 5. The van der Waals surface area contributed by atoms with Crippen LogP contribution in [0.1, 0.15) is 56.1 Å². The molecule has 1 unspecified atom stereocenters. The van der Waals surface area contributed by atoms with Crippen LogP contribution in [0.2, 0.25) is 5.02 Å². The van der Waals surface area contributed by atoms with E-state index in [4.69, 9.17) is 27.1 Å². The van der Waals surface area contributed by atoms with Crippen molar-refractivity contribution in [1.82, 2.24) is 25.0 Å². The maximum Gasteiger partial charge on any atom is 0.472 e. The number of carboxylic acid groups (broad SMARTS) is 1. The van der Waals surface area contributed by atoms with Gasteiger partial charge < -0.3 is 30.7 Å². The van der Waals surface area contributed by atoms with Crippen LogP contribution in [0.5, 0.6) is 0 Å². The van der Waals surface area contributed by atoms with Gasteiger partial charge in [-0.25, -0.2) is 27.0 Å². The summed E-state index contributed by atoms with van der Waals surface area (Å²) in [7, 11) is -5.12. The third kappa shape index (κ3) is 14.9. The lowest BCUT2D eigenvalue weighted by Crippen LogP contribution is -2.42. The number of aliphatic imine (C=N–C) groups is 1. The first-order valence-electron chi connectivity index (χ1n) is 21.3. The van der Waals surface area contributed by atoms with Crippen molar-refractivity contribution in [2.45, 2.75) is 77.3 Å². The first-order valence-corrected chi connectivity index (χ1v) is 24.4. The van der Waals surface area contributed by atoms with Crippen molar-refractivity contribution in [2.75, 3.05) is 37.0 Å². The zero-order valence-corrected chi connectivity index (χ0v) is 41.4. The van der Waals surface area contributed by atoms with E-state index in [0.717, 1.165) is 16.4 Å². The number of benzene rings is 2. The van der Waals surface area contributed by atoms with Crippen LogP contribution >= 0.6 is 31.4 Å². The number of allylic oxidation sites excluding steroid dienone is 2. The quantitative estimate of drug-likeness (QED) is 0.0255. The number of carboxylic acids is 1. The van der Waals surface area contributed by atoms with Crippen molar-refractivity contribution in [3.63, 3.8) is 0 Å². The van der Waals surface area contributed by atoms with E-state index in [1.54, 1.807) is 0 Å². The molecule has 2 aromatic carbocycles. The lowest BCUT2D eigenvalue weighted by atomic mass is 9.88. The maximum atomic E-state index is 14.9. The van der Waals surface area contributed by atoms with E-state index in [1.165, 1.54) is 51.3 Å². The summed E-state index contributed by atoms with van der Waals surface area (Å²) in [5.74, 6) is -10.2.